The smallest absolute Gasteiger partial charge is 0.131 e. The number of aromatic nitrogens is 1. The molecule has 0 bridgehead atoms. The molecule has 0 aliphatic heterocycles. The minimum absolute atomic E-state index is 0.271. The Balaban J connectivity index is 2.60. The number of unbranched alkanes of at least 4 members (excludes halogenated alkanes) is 1. The first kappa shape index (κ1) is 14.6. The monoisotopic (exact) mass is 248 g/mol. The molecule has 0 unspecified atom stereocenters. The predicted octanol–water partition coefficient (Wildman–Crippen LogP) is 2.43. The van der Waals surface area contributed by atoms with E-state index >= 15 is 0 Å². The zero-order valence-electron chi connectivity index (χ0n) is 11.4. The highest BCUT2D eigenvalue weighted by atomic mass is 16.5. The molecule has 0 saturated carbocycles. The summed E-state index contributed by atoms with van der Waals surface area (Å²) < 4.78 is 5.56. The van der Waals surface area contributed by atoms with Gasteiger partial charge < -0.3 is 15.5 Å². The Kier molecular flexibility index (Phi) is 6.36. The number of nitrogens with zero attached hydrogens (tertiary/aromatic N) is 1. The lowest BCUT2D eigenvalue weighted by Gasteiger charge is -2.11. The van der Waals surface area contributed by atoms with Gasteiger partial charge in [0.15, 0.2) is 0 Å². The third-order valence-electron chi connectivity index (χ3n) is 2.75. The van der Waals surface area contributed by atoms with Gasteiger partial charge in [-0.15, -0.1) is 0 Å². The van der Waals surface area contributed by atoms with E-state index in [1.165, 1.54) is 0 Å². The van der Waals surface area contributed by atoms with E-state index < -0.39 is 0 Å². The molecular weight excluding hydrogens is 226 g/mol. The van der Waals surface area contributed by atoms with E-state index in [0.29, 0.717) is 30.2 Å². The average molecular weight is 248 g/mol. The second-order valence-corrected chi connectivity index (χ2v) is 4.37. The van der Waals surface area contributed by atoms with Crippen LogP contribution in [0.2, 0.25) is 0 Å². The molecule has 1 rings (SSSR count). The lowest BCUT2D eigenvalue weighted by atomic mass is 10.1. The summed E-state index contributed by atoms with van der Waals surface area (Å²) in [4.78, 5) is 4.17. The van der Waals surface area contributed by atoms with E-state index in [2.05, 4.69) is 23.3 Å². The molecule has 0 saturated heterocycles. The van der Waals surface area contributed by atoms with Crippen molar-refractivity contribution in [3.63, 3.8) is 0 Å². The van der Waals surface area contributed by atoms with Crippen LogP contribution < -0.4 is 10.1 Å². The van der Waals surface area contributed by atoms with Crippen LogP contribution in [0, 0.1) is 11.5 Å². The molecule has 1 aromatic rings. The summed E-state index contributed by atoms with van der Waals surface area (Å²) in [7, 11) is 1.89. The van der Waals surface area contributed by atoms with Gasteiger partial charge in [0, 0.05) is 30.8 Å². The Morgan fingerprint density at radius 2 is 2.39 bits per heavy atom. The maximum atomic E-state index is 8.00. The van der Waals surface area contributed by atoms with Gasteiger partial charge >= 0.3 is 0 Å². The van der Waals surface area contributed by atoms with Crippen molar-refractivity contribution < 1.29 is 4.74 Å². The lowest BCUT2D eigenvalue weighted by molar-refractivity contribution is 0.308. The van der Waals surface area contributed by atoms with E-state index in [1.807, 2.05) is 14.0 Å². The fourth-order valence-electron chi connectivity index (χ4n) is 1.46. The highest BCUT2D eigenvalue weighted by molar-refractivity contribution is 5.97. The minimum Gasteiger partial charge on any atom is -0.493 e. The summed E-state index contributed by atoms with van der Waals surface area (Å²) in [5.41, 5.74) is 1.19. The Bertz CT molecular complexity index is 379. The molecule has 1 aromatic heterocycles. The van der Waals surface area contributed by atoms with Gasteiger partial charge in [-0.1, -0.05) is 13.3 Å². The molecule has 0 spiro atoms. The van der Waals surface area contributed by atoms with E-state index in [1.54, 1.807) is 12.3 Å². The number of hydrogen-bond donors (Lipinski definition) is 2. The summed E-state index contributed by atoms with van der Waals surface area (Å²) in [5, 5.41) is 11.1. The normalized spacial score (nSPS) is 12.2. The third-order valence-corrected chi connectivity index (χ3v) is 2.75. The number of rotatable bonds is 8. The Labute approximate surface area is 109 Å². The van der Waals surface area contributed by atoms with E-state index in [4.69, 9.17) is 10.1 Å². The Morgan fingerprint density at radius 1 is 1.61 bits per heavy atom. The minimum atomic E-state index is 0.271. The van der Waals surface area contributed by atoms with Crippen molar-refractivity contribution in [2.45, 2.75) is 39.2 Å². The van der Waals surface area contributed by atoms with Crippen molar-refractivity contribution in [3.05, 3.63) is 24.0 Å². The van der Waals surface area contributed by atoms with Crippen LogP contribution in [-0.4, -0.2) is 30.4 Å². The number of pyridine rings is 1. The van der Waals surface area contributed by atoms with E-state index in [9.17, 15) is 0 Å². The third kappa shape index (κ3) is 4.84. The van der Waals surface area contributed by atoms with Crippen LogP contribution in [0.4, 0.5) is 0 Å². The lowest BCUT2D eigenvalue weighted by Crippen LogP contribution is -2.24. The zero-order chi connectivity index (χ0) is 13.4. The van der Waals surface area contributed by atoms with Crippen LogP contribution in [0.3, 0.4) is 0 Å². The highest BCUT2D eigenvalue weighted by Gasteiger charge is 2.08. The quantitative estimate of drug-likeness (QED) is 0.548. The molecule has 1 radical (unpaired) electrons. The fraction of sp³-hybridized carbons (Fsp3) is 0.571. The molecule has 4 heteroatoms. The average Bonchev–Trinajstić information content (AvgIpc) is 2.39. The van der Waals surface area contributed by atoms with Gasteiger partial charge in [-0.25, -0.2) is 0 Å². The number of hydrogen-bond acceptors (Lipinski definition) is 4. The van der Waals surface area contributed by atoms with Crippen molar-refractivity contribution in [2.75, 3.05) is 13.7 Å². The van der Waals surface area contributed by atoms with Crippen LogP contribution >= 0.6 is 0 Å². The summed E-state index contributed by atoms with van der Waals surface area (Å²) in [6.45, 7) is 4.86. The van der Waals surface area contributed by atoms with Crippen molar-refractivity contribution in [3.8, 4) is 5.75 Å². The second-order valence-electron chi connectivity index (χ2n) is 4.37. The second kappa shape index (κ2) is 7.82. The molecule has 0 amide bonds. The highest BCUT2D eigenvalue weighted by Crippen LogP contribution is 2.12. The molecule has 0 aliphatic carbocycles. The maximum absolute atomic E-state index is 8.00. The van der Waals surface area contributed by atoms with Gasteiger partial charge in [0.2, 0.25) is 0 Å². The molecule has 4 nitrogen and oxygen atoms in total. The first-order valence-corrected chi connectivity index (χ1v) is 6.43. The van der Waals surface area contributed by atoms with E-state index in [0.717, 1.165) is 12.8 Å². The van der Waals surface area contributed by atoms with Crippen LogP contribution in [0.1, 0.15) is 38.8 Å². The van der Waals surface area contributed by atoms with Gasteiger partial charge in [0.25, 0.3) is 0 Å². The molecule has 99 valence electrons. The van der Waals surface area contributed by atoms with Gasteiger partial charge in [0.05, 0.1) is 18.0 Å². The first-order chi connectivity index (χ1) is 8.67. The van der Waals surface area contributed by atoms with Crippen molar-refractivity contribution >= 4 is 5.71 Å². The zero-order valence-corrected chi connectivity index (χ0v) is 11.4. The Morgan fingerprint density at radius 3 is 3.06 bits per heavy atom. The summed E-state index contributed by atoms with van der Waals surface area (Å²) in [6.07, 6.45) is 4.37. The number of ether oxygens (including phenoxy) is 1. The van der Waals surface area contributed by atoms with Crippen molar-refractivity contribution in [1.82, 2.24) is 10.3 Å². The van der Waals surface area contributed by atoms with Crippen LogP contribution in [0.5, 0.6) is 5.75 Å². The van der Waals surface area contributed by atoms with Crippen LogP contribution in [0.15, 0.2) is 12.3 Å². The molecule has 0 fully saturated rings. The fourth-order valence-corrected chi connectivity index (χ4v) is 1.46. The molecule has 18 heavy (non-hydrogen) atoms. The molecule has 2 N–H and O–H groups in total. The van der Waals surface area contributed by atoms with Crippen LogP contribution in [-0.2, 0) is 0 Å². The molecule has 1 heterocycles. The Hall–Kier alpha value is -1.42. The SMILES string of the molecule is CCCCOc1[c]cnc(C(=N)C[C@@H](C)NC)c1. The molecular formula is C14H22N3O. The standard InChI is InChI=1S/C14H22N3O/c1-4-5-8-18-12-6-7-17-14(10-12)13(15)9-11(2)16-3/h7,10-11,15-16H,4-5,8-9H2,1-3H3/t11-/m1/s1. The van der Waals surface area contributed by atoms with Gasteiger partial charge in [-0.3, -0.25) is 4.98 Å². The summed E-state index contributed by atoms with van der Waals surface area (Å²) in [5.74, 6) is 0.676. The van der Waals surface area contributed by atoms with E-state index in [-0.39, 0.29) is 6.04 Å². The molecule has 0 aliphatic rings. The topological polar surface area (TPSA) is 58.0 Å². The molecule has 1 atom stereocenters. The predicted molar refractivity (Wildman–Crippen MR) is 73.4 cm³/mol. The summed E-state index contributed by atoms with van der Waals surface area (Å²) >= 11 is 0. The first-order valence-electron chi connectivity index (χ1n) is 6.43. The van der Waals surface area contributed by atoms with Gasteiger partial charge in [-0.2, -0.15) is 0 Å². The van der Waals surface area contributed by atoms with Gasteiger partial charge in [-0.05, 0) is 20.4 Å². The number of nitrogens with one attached hydrogen (secondary N) is 2. The largest absolute Gasteiger partial charge is 0.493 e. The maximum Gasteiger partial charge on any atom is 0.131 e. The van der Waals surface area contributed by atoms with Crippen molar-refractivity contribution in [1.29, 1.82) is 5.41 Å². The van der Waals surface area contributed by atoms with Gasteiger partial charge in [0.1, 0.15) is 5.75 Å². The van der Waals surface area contributed by atoms with Crippen molar-refractivity contribution in [2.24, 2.45) is 0 Å². The summed E-state index contributed by atoms with van der Waals surface area (Å²) in [6, 6.07) is 5.01. The molecule has 0 aromatic carbocycles. The van der Waals surface area contributed by atoms with Crippen LogP contribution in [0.25, 0.3) is 0 Å².